The number of aliphatic carboxylic acids is 1. The van der Waals surface area contributed by atoms with E-state index in [4.69, 9.17) is 4.74 Å². The van der Waals surface area contributed by atoms with Crippen LogP contribution in [0.5, 0.6) is 5.75 Å². The van der Waals surface area contributed by atoms with Crippen LogP contribution in [0, 0.1) is 0 Å². The Morgan fingerprint density at radius 1 is 1.17 bits per heavy atom. The topological polar surface area (TPSA) is 66.8 Å². The van der Waals surface area contributed by atoms with Gasteiger partial charge in [-0.3, -0.25) is 4.79 Å². The van der Waals surface area contributed by atoms with Gasteiger partial charge in [0.05, 0.1) is 12.4 Å². The van der Waals surface area contributed by atoms with Crippen LogP contribution in [0.15, 0.2) is 54.6 Å². The Hall–Kier alpha value is -2.12. The normalized spacial score (nSPS) is 19.5. The molecule has 30 heavy (non-hydrogen) atoms. The van der Waals surface area contributed by atoms with Crippen LogP contribution in [0.2, 0.25) is 0 Å². The lowest BCUT2D eigenvalue weighted by Gasteiger charge is -2.26. The van der Waals surface area contributed by atoms with Crippen LogP contribution in [0.4, 0.5) is 0 Å². The van der Waals surface area contributed by atoms with E-state index < -0.39 is 12.0 Å². The van der Waals surface area contributed by atoms with Crippen LogP contribution in [0.3, 0.4) is 0 Å². The zero-order chi connectivity index (χ0) is 21.5. The predicted octanol–water partition coefficient (Wildman–Crippen LogP) is 4.13. The van der Waals surface area contributed by atoms with E-state index in [1.807, 2.05) is 60.9 Å². The number of carboxylic acid groups (broad SMARTS) is 1. The van der Waals surface area contributed by atoms with Crippen molar-refractivity contribution >= 4 is 35.4 Å². The lowest BCUT2D eigenvalue weighted by molar-refractivity contribution is -0.147. The van der Waals surface area contributed by atoms with Gasteiger partial charge in [0.1, 0.15) is 11.8 Å². The Morgan fingerprint density at radius 2 is 1.87 bits per heavy atom. The highest BCUT2D eigenvalue weighted by atomic mass is 32.2. The molecular formula is C23H27NO4S2. The third-order valence-corrected chi connectivity index (χ3v) is 7.65. The number of methoxy groups -OCH3 is 1. The molecule has 3 atom stereocenters. The number of carbonyl (C=O) groups excluding carboxylic acids is 1. The average molecular weight is 446 g/mol. The van der Waals surface area contributed by atoms with Crippen LogP contribution >= 0.6 is 23.5 Å². The minimum absolute atomic E-state index is 0.0608. The second-order valence-corrected chi connectivity index (χ2v) is 9.35. The molecule has 5 nitrogen and oxygen atoms in total. The lowest BCUT2D eigenvalue weighted by Crippen LogP contribution is -2.45. The highest BCUT2D eigenvalue weighted by Crippen LogP contribution is 2.34. The van der Waals surface area contributed by atoms with E-state index in [2.05, 4.69) is 0 Å². The quantitative estimate of drug-likeness (QED) is 0.626. The summed E-state index contributed by atoms with van der Waals surface area (Å²) in [5.74, 6) is 1.32. The first-order valence-electron chi connectivity index (χ1n) is 9.85. The number of carboxylic acids is 1. The molecule has 2 aromatic carbocycles. The van der Waals surface area contributed by atoms with Crippen molar-refractivity contribution < 1.29 is 19.4 Å². The van der Waals surface area contributed by atoms with Crippen molar-refractivity contribution in [2.45, 2.75) is 29.4 Å². The molecule has 7 heteroatoms. The number of likely N-dealkylation sites (tertiary alicyclic amines) is 1. The Balaban J connectivity index is 1.61. The Kier molecular flexibility index (Phi) is 8.10. The lowest BCUT2D eigenvalue weighted by atomic mass is 9.96. The van der Waals surface area contributed by atoms with E-state index in [-0.39, 0.29) is 17.1 Å². The molecule has 0 bridgehead atoms. The summed E-state index contributed by atoms with van der Waals surface area (Å²) in [4.78, 5) is 26.6. The number of carbonyl (C=O) groups is 2. The van der Waals surface area contributed by atoms with Crippen molar-refractivity contribution in [3.63, 3.8) is 0 Å². The molecule has 1 amide bonds. The van der Waals surface area contributed by atoms with Crippen molar-refractivity contribution in [2.24, 2.45) is 0 Å². The number of nitrogens with zero attached hydrogens (tertiary/aromatic N) is 1. The van der Waals surface area contributed by atoms with Crippen LogP contribution in [-0.4, -0.2) is 58.8 Å². The van der Waals surface area contributed by atoms with Crippen molar-refractivity contribution in [1.29, 1.82) is 0 Å². The van der Waals surface area contributed by atoms with E-state index >= 15 is 0 Å². The average Bonchev–Trinajstić information content (AvgIpc) is 3.23. The number of ether oxygens (including phenoxy) is 1. The van der Waals surface area contributed by atoms with Crippen molar-refractivity contribution in [2.75, 3.05) is 25.7 Å². The smallest absolute Gasteiger partial charge is 0.326 e. The molecule has 1 aliphatic rings. The Bertz CT molecular complexity index is 844. The summed E-state index contributed by atoms with van der Waals surface area (Å²) in [5.41, 5.74) is 2.26. The largest absolute Gasteiger partial charge is 0.497 e. The fourth-order valence-electron chi connectivity index (χ4n) is 3.71. The summed E-state index contributed by atoms with van der Waals surface area (Å²) in [6.45, 7) is 0.458. The molecule has 160 valence electrons. The monoisotopic (exact) mass is 445 g/mol. The fourth-order valence-corrected chi connectivity index (χ4v) is 5.78. The molecule has 0 aromatic heterocycles. The molecule has 2 aromatic rings. The van der Waals surface area contributed by atoms with Gasteiger partial charge in [-0.1, -0.05) is 42.5 Å². The van der Waals surface area contributed by atoms with Crippen molar-refractivity contribution in [3.05, 3.63) is 65.7 Å². The molecule has 1 N–H and O–H groups in total. The van der Waals surface area contributed by atoms with E-state index in [9.17, 15) is 14.7 Å². The van der Waals surface area contributed by atoms with Gasteiger partial charge in [0, 0.05) is 24.0 Å². The summed E-state index contributed by atoms with van der Waals surface area (Å²) >= 11 is 3.18. The molecule has 3 rings (SSSR count). The summed E-state index contributed by atoms with van der Waals surface area (Å²) in [5, 5.41) is 9.44. The zero-order valence-corrected chi connectivity index (χ0v) is 18.8. The second kappa shape index (κ2) is 10.8. The van der Waals surface area contributed by atoms with E-state index in [1.54, 1.807) is 23.8 Å². The summed E-state index contributed by atoms with van der Waals surface area (Å²) in [7, 11) is 1.64. The molecule has 0 aliphatic carbocycles. The van der Waals surface area contributed by atoms with Gasteiger partial charge >= 0.3 is 5.97 Å². The summed E-state index contributed by atoms with van der Waals surface area (Å²) < 4.78 is 5.18. The van der Waals surface area contributed by atoms with Gasteiger partial charge in [0.25, 0.3) is 0 Å². The zero-order valence-electron chi connectivity index (χ0n) is 17.2. The predicted molar refractivity (Wildman–Crippen MR) is 123 cm³/mol. The third-order valence-electron chi connectivity index (χ3n) is 5.40. The SMILES string of the molecule is COc1ccc(CSCC(SC)C(=O)N2C[C@@H](c3ccccc3)C[C@H]2C(=O)O)cc1. The highest BCUT2D eigenvalue weighted by Gasteiger charge is 2.41. The standard InChI is InChI=1S/C23H27NO4S2/c1-28-19-10-8-16(9-11-19)14-30-15-21(29-2)22(25)24-13-18(12-20(24)23(26)27)17-6-4-3-5-7-17/h3-11,18,20-21H,12-15H2,1-2H3,(H,26,27)/t18-,20-,21?/m0/s1. The molecule has 0 spiro atoms. The van der Waals surface area contributed by atoms with Crippen LogP contribution < -0.4 is 4.74 Å². The number of thioether (sulfide) groups is 2. The first-order valence-corrected chi connectivity index (χ1v) is 12.3. The first-order chi connectivity index (χ1) is 14.5. The number of benzene rings is 2. The van der Waals surface area contributed by atoms with Gasteiger partial charge in [-0.05, 0) is 35.9 Å². The van der Waals surface area contributed by atoms with E-state index in [0.717, 1.165) is 17.1 Å². The molecule has 1 saturated heterocycles. The summed E-state index contributed by atoms with van der Waals surface area (Å²) in [6, 6.07) is 17.0. The van der Waals surface area contributed by atoms with Crippen molar-refractivity contribution in [3.8, 4) is 5.75 Å². The number of amides is 1. The molecule has 1 fully saturated rings. The van der Waals surface area contributed by atoms with E-state index in [1.165, 1.54) is 17.3 Å². The van der Waals surface area contributed by atoms with Crippen LogP contribution in [0.1, 0.15) is 23.5 Å². The minimum atomic E-state index is -0.924. The third kappa shape index (κ3) is 5.52. The van der Waals surface area contributed by atoms with Crippen LogP contribution in [-0.2, 0) is 15.3 Å². The van der Waals surface area contributed by atoms with Crippen molar-refractivity contribution in [1.82, 2.24) is 4.90 Å². The molecule has 0 radical (unpaired) electrons. The minimum Gasteiger partial charge on any atom is -0.497 e. The molecule has 1 aliphatic heterocycles. The maximum absolute atomic E-state index is 13.2. The number of hydrogen-bond donors (Lipinski definition) is 1. The van der Waals surface area contributed by atoms with Gasteiger partial charge in [-0.2, -0.15) is 23.5 Å². The van der Waals surface area contributed by atoms with Gasteiger partial charge in [0.15, 0.2) is 0 Å². The molecular weight excluding hydrogens is 418 g/mol. The maximum atomic E-state index is 13.2. The van der Waals surface area contributed by atoms with Gasteiger partial charge in [0.2, 0.25) is 5.91 Å². The second-order valence-electron chi connectivity index (χ2n) is 7.28. The molecule has 1 unspecified atom stereocenters. The Morgan fingerprint density at radius 3 is 2.47 bits per heavy atom. The van der Waals surface area contributed by atoms with Gasteiger partial charge in [-0.25, -0.2) is 4.79 Å². The van der Waals surface area contributed by atoms with Crippen LogP contribution in [0.25, 0.3) is 0 Å². The van der Waals surface area contributed by atoms with Gasteiger partial charge in [-0.15, -0.1) is 0 Å². The molecule has 0 saturated carbocycles. The molecule has 1 heterocycles. The first kappa shape index (κ1) is 22.6. The number of rotatable bonds is 9. The number of hydrogen-bond acceptors (Lipinski definition) is 5. The van der Waals surface area contributed by atoms with Gasteiger partial charge < -0.3 is 14.7 Å². The highest BCUT2D eigenvalue weighted by molar-refractivity contribution is 8.03. The van der Waals surface area contributed by atoms with E-state index in [0.29, 0.717) is 18.7 Å². The Labute approximate surface area is 186 Å². The maximum Gasteiger partial charge on any atom is 0.326 e. The fraction of sp³-hybridized carbons (Fsp3) is 0.391. The summed E-state index contributed by atoms with van der Waals surface area (Å²) in [6.07, 6.45) is 2.38.